The van der Waals surface area contributed by atoms with E-state index >= 15 is 0 Å². The molecule has 0 radical (unpaired) electrons. The normalized spacial score (nSPS) is 10.8. The molecule has 0 fully saturated rings. The monoisotopic (exact) mass is 389 g/mol. The van der Waals surface area contributed by atoms with Crippen LogP contribution in [0, 0.1) is 17.0 Å². The van der Waals surface area contributed by atoms with Crippen molar-refractivity contribution in [3.63, 3.8) is 0 Å². The third-order valence-electron chi connectivity index (χ3n) is 3.54. The Morgan fingerprint density at radius 3 is 2.58 bits per heavy atom. The van der Waals surface area contributed by atoms with Crippen molar-refractivity contribution in [2.45, 2.75) is 13.5 Å². The zero-order valence-corrected chi connectivity index (χ0v) is 14.2. The van der Waals surface area contributed by atoms with Gasteiger partial charge in [0.1, 0.15) is 12.2 Å². The van der Waals surface area contributed by atoms with Gasteiger partial charge in [-0.3, -0.25) is 10.1 Å². The molecule has 1 heterocycles. The molecule has 0 atom stereocenters. The van der Waals surface area contributed by atoms with Crippen LogP contribution in [0.4, 0.5) is 5.69 Å². The van der Waals surface area contributed by atoms with E-state index in [9.17, 15) is 14.9 Å². The van der Waals surface area contributed by atoms with E-state index in [0.29, 0.717) is 10.9 Å². The molecule has 122 valence electrons. The van der Waals surface area contributed by atoms with E-state index in [1.807, 2.05) is 24.3 Å². The lowest BCUT2D eigenvalue weighted by Gasteiger charge is -2.09. The van der Waals surface area contributed by atoms with Crippen LogP contribution in [0.25, 0.3) is 11.0 Å². The van der Waals surface area contributed by atoms with Crippen LogP contribution in [0.1, 0.15) is 11.1 Å². The summed E-state index contributed by atoms with van der Waals surface area (Å²) < 4.78 is 11.6. The van der Waals surface area contributed by atoms with Gasteiger partial charge in [-0.2, -0.15) is 0 Å². The average Bonchev–Trinajstić information content (AvgIpc) is 2.53. The largest absolute Gasteiger partial charge is 0.482 e. The molecule has 0 spiro atoms. The third-order valence-corrected chi connectivity index (χ3v) is 4.06. The van der Waals surface area contributed by atoms with Crippen LogP contribution in [-0.2, 0) is 6.61 Å². The van der Waals surface area contributed by atoms with Gasteiger partial charge in [0.15, 0.2) is 0 Å². The fourth-order valence-electron chi connectivity index (χ4n) is 2.33. The Morgan fingerprint density at radius 2 is 1.92 bits per heavy atom. The first-order valence-corrected chi connectivity index (χ1v) is 7.83. The first-order valence-electron chi connectivity index (χ1n) is 7.04. The number of halogens is 1. The van der Waals surface area contributed by atoms with Crippen LogP contribution >= 0.6 is 15.9 Å². The number of ether oxygens (including phenoxy) is 1. The molecular formula is C17H12BrNO5. The molecule has 3 aromatic rings. The molecule has 0 unspecified atom stereocenters. The molecule has 0 aliphatic heterocycles. The number of hydrogen-bond donors (Lipinski definition) is 0. The molecule has 0 aliphatic carbocycles. The van der Waals surface area contributed by atoms with Gasteiger partial charge in [-0.15, -0.1) is 0 Å². The Balaban J connectivity index is 2.01. The number of nitrogens with zero attached hydrogens (tertiary/aromatic N) is 1. The van der Waals surface area contributed by atoms with Crippen molar-refractivity contribution in [3.05, 3.63) is 78.6 Å². The highest BCUT2D eigenvalue weighted by Crippen LogP contribution is 2.33. The quantitative estimate of drug-likeness (QED) is 0.376. The molecular weight excluding hydrogens is 378 g/mol. The van der Waals surface area contributed by atoms with Crippen LogP contribution in [0.5, 0.6) is 5.75 Å². The molecule has 0 amide bonds. The molecule has 0 saturated heterocycles. The number of fused-ring (bicyclic) bond motifs is 1. The van der Waals surface area contributed by atoms with Crippen LogP contribution in [-0.4, -0.2) is 4.92 Å². The second kappa shape index (κ2) is 6.45. The van der Waals surface area contributed by atoms with E-state index in [0.717, 1.165) is 10.0 Å². The van der Waals surface area contributed by atoms with Gasteiger partial charge >= 0.3 is 11.3 Å². The minimum absolute atomic E-state index is 0.0594. The predicted octanol–water partition coefficient (Wildman–Crippen LogP) is 4.35. The van der Waals surface area contributed by atoms with Gasteiger partial charge in [0, 0.05) is 28.1 Å². The maximum Gasteiger partial charge on any atom is 0.336 e. The van der Waals surface area contributed by atoms with Crippen LogP contribution < -0.4 is 10.4 Å². The van der Waals surface area contributed by atoms with Gasteiger partial charge in [0.05, 0.1) is 4.92 Å². The molecule has 2 aromatic carbocycles. The van der Waals surface area contributed by atoms with E-state index < -0.39 is 10.5 Å². The third kappa shape index (κ3) is 3.30. The standard InChI is InChI=1S/C17H12BrNO5/c1-10-6-17(20)24-15-8-16(14(19(21)22)7-13(10)15)23-9-11-2-4-12(18)5-3-11/h2-8H,9H2,1H3. The van der Waals surface area contributed by atoms with Crippen molar-refractivity contribution in [2.75, 3.05) is 0 Å². The Labute approximate surface area is 145 Å². The Hall–Kier alpha value is -2.67. The highest BCUT2D eigenvalue weighted by atomic mass is 79.9. The molecule has 7 heteroatoms. The summed E-state index contributed by atoms with van der Waals surface area (Å²) in [5, 5.41) is 11.8. The van der Waals surface area contributed by atoms with Crippen LogP contribution in [0.15, 0.2) is 56.1 Å². The van der Waals surface area contributed by atoms with Crippen molar-refractivity contribution < 1.29 is 14.1 Å². The molecule has 0 N–H and O–H groups in total. The summed E-state index contributed by atoms with van der Waals surface area (Å²) >= 11 is 3.34. The van der Waals surface area contributed by atoms with Crippen molar-refractivity contribution >= 4 is 32.6 Å². The lowest BCUT2D eigenvalue weighted by atomic mass is 10.1. The van der Waals surface area contributed by atoms with Crippen LogP contribution in [0.2, 0.25) is 0 Å². The minimum atomic E-state index is -0.513. The van der Waals surface area contributed by atoms with Gasteiger partial charge in [0.2, 0.25) is 5.75 Å². The van der Waals surface area contributed by atoms with Gasteiger partial charge < -0.3 is 9.15 Å². The van der Waals surface area contributed by atoms with Gasteiger partial charge in [-0.05, 0) is 30.2 Å². The topological polar surface area (TPSA) is 82.6 Å². The van der Waals surface area contributed by atoms with E-state index in [2.05, 4.69) is 15.9 Å². The van der Waals surface area contributed by atoms with Gasteiger partial charge in [-0.1, -0.05) is 28.1 Å². The molecule has 0 saturated carbocycles. The summed E-state index contributed by atoms with van der Waals surface area (Å²) in [6, 6.07) is 11.5. The summed E-state index contributed by atoms with van der Waals surface area (Å²) in [4.78, 5) is 22.3. The summed E-state index contributed by atoms with van der Waals surface area (Å²) in [5.74, 6) is 0.0594. The minimum Gasteiger partial charge on any atom is -0.482 e. The lowest BCUT2D eigenvalue weighted by Crippen LogP contribution is -2.02. The fourth-order valence-corrected chi connectivity index (χ4v) is 2.60. The number of rotatable bonds is 4. The number of nitro groups is 1. The van der Waals surface area contributed by atoms with E-state index in [1.165, 1.54) is 18.2 Å². The molecule has 6 nitrogen and oxygen atoms in total. The zero-order valence-electron chi connectivity index (χ0n) is 12.6. The maximum atomic E-state index is 11.5. The van der Waals surface area contributed by atoms with Crippen molar-refractivity contribution in [3.8, 4) is 5.75 Å². The van der Waals surface area contributed by atoms with Crippen molar-refractivity contribution in [2.24, 2.45) is 0 Å². The summed E-state index contributed by atoms with van der Waals surface area (Å²) in [6.45, 7) is 1.86. The molecule has 0 aliphatic rings. The summed E-state index contributed by atoms with van der Waals surface area (Å²) in [5.41, 5.74) is 1.06. The summed E-state index contributed by atoms with van der Waals surface area (Å²) in [6.07, 6.45) is 0. The SMILES string of the molecule is Cc1cc(=O)oc2cc(OCc3ccc(Br)cc3)c([N+](=O)[O-])cc12. The first kappa shape index (κ1) is 16.2. The molecule has 0 bridgehead atoms. The molecule has 1 aromatic heterocycles. The van der Waals surface area contributed by atoms with Crippen LogP contribution in [0.3, 0.4) is 0 Å². The van der Waals surface area contributed by atoms with Gasteiger partial charge in [-0.25, -0.2) is 4.79 Å². The molecule has 3 rings (SSSR count). The highest BCUT2D eigenvalue weighted by molar-refractivity contribution is 9.10. The zero-order chi connectivity index (χ0) is 17.3. The first-order chi connectivity index (χ1) is 11.4. The van der Waals surface area contributed by atoms with E-state index in [-0.39, 0.29) is 23.6 Å². The Morgan fingerprint density at radius 1 is 1.21 bits per heavy atom. The second-order valence-corrected chi connectivity index (χ2v) is 6.15. The van der Waals surface area contributed by atoms with E-state index in [4.69, 9.17) is 9.15 Å². The number of hydrogen-bond acceptors (Lipinski definition) is 5. The second-order valence-electron chi connectivity index (χ2n) is 5.24. The maximum absolute atomic E-state index is 11.5. The fraction of sp³-hybridized carbons (Fsp3) is 0.118. The van der Waals surface area contributed by atoms with E-state index in [1.54, 1.807) is 6.92 Å². The number of nitro benzene ring substituents is 1. The summed E-state index contributed by atoms with van der Waals surface area (Å²) in [7, 11) is 0. The number of benzene rings is 2. The predicted molar refractivity (Wildman–Crippen MR) is 92.3 cm³/mol. The van der Waals surface area contributed by atoms with Crippen molar-refractivity contribution in [1.82, 2.24) is 0 Å². The molecule has 24 heavy (non-hydrogen) atoms. The Bertz CT molecular complexity index is 979. The average molecular weight is 390 g/mol. The van der Waals surface area contributed by atoms with Gasteiger partial charge in [0.25, 0.3) is 0 Å². The highest BCUT2D eigenvalue weighted by Gasteiger charge is 2.19. The Kier molecular flexibility index (Phi) is 4.35. The smallest absolute Gasteiger partial charge is 0.336 e. The van der Waals surface area contributed by atoms with Crippen molar-refractivity contribution in [1.29, 1.82) is 0 Å². The number of aryl methyl sites for hydroxylation is 1. The lowest BCUT2D eigenvalue weighted by molar-refractivity contribution is -0.385.